The van der Waals surface area contributed by atoms with E-state index in [1.807, 2.05) is 0 Å². The lowest BCUT2D eigenvalue weighted by Crippen LogP contribution is -2.49. The van der Waals surface area contributed by atoms with E-state index in [1.165, 1.54) is 6.42 Å². The molecule has 1 rings (SSSR count). The molecule has 0 bridgehead atoms. The summed E-state index contributed by atoms with van der Waals surface area (Å²) in [5.74, 6) is 0.545. The second kappa shape index (κ2) is 6.10. The maximum absolute atomic E-state index is 11.9. The smallest absolute Gasteiger partial charge is 0.223 e. The number of nitrogens with zero attached hydrogens (tertiary/aromatic N) is 2. The molecule has 1 aliphatic carbocycles. The Morgan fingerprint density at radius 3 is 2.56 bits per heavy atom. The van der Waals surface area contributed by atoms with Crippen molar-refractivity contribution in [2.75, 3.05) is 12.9 Å². The molecule has 0 atom stereocenters. The molecule has 0 aliphatic heterocycles. The highest BCUT2D eigenvalue weighted by Gasteiger charge is 2.38. The van der Waals surface area contributed by atoms with Crippen molar-refractivity contribution in [3.05, 3.63) is 0 Å². The zero-order valence-electron chi connectivity index (χ0n) is 9.84. The summed E-state index contributed by atoms with van der Waals surface area (Å²) in [5, 5.41) is 9.32. The molecule has 0 aromatic carbocycles. The predicted octanol–water partition coefficient (Wildman–Crippen LogP) is 2.69. The first-order chi connectivity index (χ1) is 7.66. The van der Waals surface area contributed by atoms with Crippen LogP contribution in [0.3, 0.4) is 0 Å². The van der Waals surface area contributed by atoms with Crippen molar-refractivity contribution < 1.29 is 4.79 Å². The quantitative estimate of drug-likeness (QED) is 0.712. The fraction of sp³-hybridized carbons (Fsp3) is 0.833. The van der Waals surface area contributed by atoms with Gasteiger partial charge in [0, 0.05) is 19.3 Å². The van der Waals surface area contributed by atoms with Crippen molar-refractivity contribution in [3.63, 3.8) is 0 Å². The molecule has 4 heteroatoms. The minimum Gasteiger partial charge on any atom is -0.327 e. The van der Waals surface area contributed by atoms with Crippen LogP contribution in [-0.2, 0) is 4.79 Å². The van der Waals surface area contributed by atoms with Crippen LogP contribution in [0.1, 0.15) is 44.9 Å². The average molecular weight is 243 g/mol. The lowest BCUT2D eigenvalue weighted by molar-refractivity contribution is -0.134. The number of hydrogen-bond donors (Lipinski definition) is 0. The van der Waals surface area contributed by atoms with Crippen molar-refractivity contribution in [1.82, 2.24) is 4.90 Å². The fourth-order valence-corrected chi connectivity index (χ4v) is 2.42. The number of carbonyl (C=O) groups excluding carboxylic acids is 1. The number of carbonyl (C=O) groups is 1. The molecular formula is C12H19ClN2O. The Morgan fingerprint density at radius 2 is 2.06 bits per heavy atom. The van der Waals surface area contributed by atoms with Gasteiger partial charge >= 0.3 is 0 Å². The van der Waals surface area contributed by atoms with Crippen LogP contribution in [0.4, 0.5) is 0 Å². The molecule has 1 fully saturated rings. The Kier molecular flexibility index (Phi) is 5.08. The standard InChI is InChI=1S/C12H19ClN2O/c1-15(11(16)6-5-9-13)12(10-14)7-3-2-4-8-12/h2-9H2,1H3. The Hall–Kier alpha value is -0.750. The molecule has 0 aromatic rings. The van der Waals surface area contributed by atoms with Crippen molar-refractivity contribution in [3.8, 4) is 6.07 Å². The lowest BCUT2D eigenvalue weighted by Gasteiger charge is -2.39. The monoisotopic (exact) mass is 242 g/mol. The summed E-state index contributed by atoms with van der Waals surface area (Å²) in [7, 11) is 1.76. The number of nitriles is 1. The van der Waals surface area contributed by atoms with Gasteiger partial charge in [0.15, 0.2) is 0 Å². The van der Waals surface area contributed by atoms with Crippen molar-refractivity contribution in [1.29, 1.82) is 5.26 Å². The largest absolute Gasteiger partial charge is 0.327 e. The minimum atomic E-state index is -0.554. The zero-order valence-corrected chi connectivity index (χ0v) is 10.6. The van der Waals surface area contributed by atoms with E-state index >= 15 is 0 Å². The summed E-state index contributed by atoms with van der Waals surface area (Å²) in [4.78, 5) is 13.5. The van der Waals surface area contributed by atoms with Crippen molar-refractivity contribution in [2.45, 2.75) is 50.5 Å². The van der Waals surface area contributed by atoms with Gasteiger partial charge < -0.3 is 4.90 Å². The number of halogens is 1. The summed E-state index contributed by atoms with van der Waals surface area (Å²) >= 11 is 5.57. The molecular weight excluding hydrogens is 224 g/mol. The average Bonchev–Trinajstić information content (AvgIpc) is 2.35. The van der Waals surface area contributed by atoms with E-state index in [9.17, 15) is 10.1 Å². The molecule has 16 heavy (non-hydrogen) atoms. The summed E-state index contributed by atoms with van der Waals surface area (Å²) in [6.07, 6.45) is 6.02. The Balaban J connectivity index is 2.65. The van der Waals surface area contributed by atoms with Gasteiger partial charge in [-0.15, -0.1) is 11.6 Å². The van der Waals surface area contributed by atoms with E-state index in [2.05, 4.69) is 6.07 Å². The van der Waals surface area contributed by atoms with E-state index in [1.54, 1.807) is 11.9 Å². The number of alkyl halides is 1. The van der Waals surface area contributed by atoms with Crippen molar-refractivity contribution in [2.24, 2.45) is 0 Å². The van der Waals surface area contributed by atoms with Crippen LogP contribution in [-0.4, -0.2) is 29.3 Å². The molecule has 0 N–H and O–H groups in total. The maximum atomic E-state index is 11.9. The molecule has 0 radical (unpaired) electrons. The highest BCUT2D eigenvalue weighted by molar-refractivity contribution is 6.17. The molecule has 1 saturated carbocycles. The van der Waals surface area contributed by atoms with Gasteiger partial charge in [-0.3, -0.25) is 4.79 Å². The van der Waals surface area contributed by atoms with Gasteiger partial charge in [0.05, 0.1) is 6.07 Å². The van der Waals surface area contributed by atoms with E-state index < -0.39 is 5.54 Å². The Morgan fingerprint density at radius 1 is 1.44 bits per heavy atom. The maximum Gasteiger partial charge on any atom is 0.223 e. The Bertz CT molecular complexity index is 279. The van der Waals surface area contributed by atoms with Crippen LogP contribution < -0.4 is 0 Å². The Labute approximate surface area is 102 Å². The second-order valence-corrected chi connectivity index (χ2v) is 4.83. The van der Waals surface area contributed by atoms with E-state index in [0.29, 0.717) is 18.7 Å². The highest BCUT2D eigenvalue weighted by atomic mass is 35.5. The fourth-order valence-electron chi connectivity index (χ4n) is 2.28. The van der Waals surface area contributed by atoms with Gasteiger partial charge in [-0.2, -0.15) is 5.26 Å². The SMILES string of the molecule is CN(C(=O)CCCCl)C1(C#N)CCCCC1. The molecule has 90 valence electrons. The molecule has 0 saturated heterocycles. The molecule has 0 heterocycles. The van der Waals surface area contributed by atoms with Crippen LogP contribution in [0.15, 0.2) is 0 Å². The normalized spacial score (nSPS) is 18.8. The van der Waals surface area contributed by atoms with Crippen LogP contribution in [0.2, 0.25) is 0 Å². The molecule has 3 nitrogen and oxygen atoms in total. The topological polar surface area (TPSA) is 44.1 Å². The van der Waals surface area contributed by atoms with Crippen LogP contribution in [0, 0.1) is 11.3 Å². The van der Waals surface area contributed by atoms with Gasteiger partial charge in [-0.05, 0) is 19.3 Å². The summed E-state index contributed by atoms with van der Waals surface area (Å²) in [5.41, 5.74) is -0.554. The van der Waals surface area contributed by atoms with Crippen molar-refractivity contribution >= 4 is 17.5 Å². The third-order valence-electron chi connectivity index (χ3n) is 3.43. The predicted molar refractivity (Wildman–Crippen MR) is 64.2 cm³/mol. The van der Waals surface area contributed by atoms with Crippen LogP contribution in [0.5, 0.6) is 0 Å². The molecule has 1 aliphatic rings. The zero-order chi connectivity index (χ0) is 12.0. The van der Waals surface area contributed by atoms with E-state index in [4.69, 9.17) is 11.6 Å². The number of hydrogen-bond acceptors (Lipinski definition) is 2. The highest BCUT2D eigenvalue weighted by Crippen LogP contribution is 2.32. The van der Waals surface area contributed by atoms with Gasteiger partial charge in [0.2, 0.25) is 5.91 Å². The minimum absolute atomic E-state index is 0.0455. The van der Waals surface area contributed by atoms with Gasteiger partial charge in [0.25, 0.3) is 0 Å². The first-order valence-electron chi connectivity index (χ1n) is 5.90. The van der Waals surface area contributed by atoms with Gasteiger partial charge in [0.1, 0.15) is 5.54 Å². The molecule has 0 aromatic heterocycles. The summed E-state index contributed by atoms with van der Waals surface area (Å²) < 4.78 is 0. The number of rotatable bonds is 4. The first-order valence-corrected chi connectivity index (χ1v) is 6.43. The number of amides is 1. The molecule has 1 amide bonds. The molecule has 0 spiro atoms. The second-order valence-electron chi connectivity index (χ2n) is 4.45. The van der Waals surface area contributed by atoms with Crippen LogP contribution >= 0.6 is 11.6 Å². The first kappa shape index (κ1) is 13.3. The van der Waals surface area contributed by atoms with Gasteiger partial charge in [-0.1, -0.05) is 19.3 Å². The summed E-state index contributed by atoms with van der Waals surface area (Å²) in [6.45, 7) is 0. The van der Waals surface area contributed by atoms with Gasteiger partial charge in [-0.25, -0.2) is 0 Å². The van der Waals surface area contributed by atoms with Crippen LogP contribution in [0.25, 0.3) is 0 Å². The third kappa shape index (κ3) is 2.89. The molecule has 0 unspecified atom stereocenters. The summed E-state index contributed by atoms with van der Waals surface area (Å²) in [6, 6.07) is 2.35. The third-order valence-corrected chi connectivity index (χ3v) is 3.70. The van der Waals surface area contributed by atoms with E-state index in [0.717, 1.165) is 25.7 Å². The van der Waals surface area contributed by atoms with E-state index in [-0.39, 0.29) is 5.91 Å². The lowest BCUT2D eigenvalue weighted by atomic mass is 9.81.